The number of carbonyl (C=O) groups excluding carboxylic acids is 1. The molecule has 0 bridgehead atoms. The standard InChI is InChI=1S/C16H18N2O4S/c1-9(16(20)21)18(12-3-4-12)14(19)7-13-10(2)22-15(17-13)11-5-6-23-8-11/h5-6,8-9,12H,3-4,7H2,1-2H3,(H,20,21). The molecular weight excluding hydrogens is 316 g/mol. The van der Waals surface area contributed by atoms with Gasteiger partial charge >= 0.3 is 5.97 Å². The third-order valence-electron chi connectivity index (χ3n) is 3.98. The number of aryl methyl sites for hydroxylation is 1. The number of aliphatic carboxylic acids is 1. The third kappa shape index (κ3) is 3.29. The lowest BCUT2D eigenvalue weighted by Gasteiger charge is -2.26. The normalized spacial score (nSPS) is 15.4. The van der Waals surface area contributed by atoms with E-state index in [1.54, 1.807) is 25.2 Å². The minimum absolute atomic E-state index is 0.0390. The van der Waals surface area contributed by atoms with Gasteiger partial charge in [-0.3, -0.25) is 4.79 Å². The van der Waals surface area contributed by atoms with Crippen LogP contribution in [0, 0.1) is 6.92 Å². The van der Waals surface area contributed by atoms with Gasteiger partial charge in [-0.2, -0.15) is 11.3 Å². The van der Waals surface area contributed by atoms with Crippen LogP contribution in [0.25, 0.3) is 11.5 Å². The topological polar surface area (TPSA) is 83.6 Å². The summed E-state index contributed by atoms with van der Waals surface area (Å²) in [6, 6.07) is 1.13. The predicted octanol–water partition coefficient (Wildman–Crippen LogP) is 2.72. The number of hydrogen-bond donors (Lipinski definition) is 1. The average Bonchev–Trinajstić information content (AvgIpc) is 3.04. The molecule has 6 nitrogen and oxygen atoms in total. The molecule has 23 heavy (non-hydrogen) atoms. The van der Waals surface area contributed by atoms with Gasteiger partial charge in [0.1, 0.15) is 11.8 Å². The number of thiophene rings is 1. The fourth-order valence-corrected chi connectivity index (χ4v) is 3.17. The van der Waals surface area contributed by atoms with E-state index in [0.717, 1.165) is 18.4 Å². The van der Waals surface area contributed by atoms with E-state index >= 15 is 0 Å². The fraction of sp³-hybridized carbons (Fsp3) is 0.438. The summed E-state index contributed by atoms with van der Waals surface area (Å²) in [4.78, 5) is 29.7. The number of nitrogens with zero attached hydrogens (tertiary/aromatic N) is 2. The number of hydrogen-bond acceptors (Lipinski definition) is 5. The lowest BCUT2D eigenvalue weighted by Crippen LogP contribution is -2.45. The molecule has 1 amide bonds. The summed E-state index contributed by atoms with van der Waals surface area (Å²) in [6.45, 7) is 3.32. The molecule has 1 N–H and O–H groups in total. The Balaban J connectivity index is 1.78. The van der Waals surface area contributed by atoms with Crippen molar-refractivity contribution in [3.63, 3.8) is 0 Å². The summed E-state index contributed by atoms with van der Waals surface area (Å²) < 4.78 is 5.63. The molecule has 1 aliphatic rings. The molecule has 3 rings (SSSR count). The van der Waals surface area contributed by atoms with Gasteiger partial charge in [0.05, 0.1) is 12.1 Å². The predicted molar refractivity (Wildman–Crippen MR) is 85.2 cm³/mol. The summed E-state index contributed by atoms with van der Waals surface area (Å²) in [5, 5.41) is 13.1. The Hall–Kier alpha value is -2.15. The van der Waals surface area contributed by atoms with Crippen molar-refractivity contribution >= 4 is 23.2 Å². The Kier molecular flexibility index (Phi) is 4.21. The molecule has 2 heterocycles. The van der Waals surface area contributed by atoms with Gasteiger partial charge in [0.25, 0.3) is 0 Å². The van der Waals surface area contributed by atoms with Crippen LogP contribution in [-0.4, -0.2) is 39.0 Å². The molecule has 1 aliphatic carbocycles. The van der Waals surface area contributed by atoms with Crippen LogP contribution in [0.15, 0.2) is 21.2 Å². The summed E-state index contributed by atoms with van der Waals surface area (Å²) in [5.74, 6) is -0.106. The molecule has 1 saturated carbocycles. The number of oxazole rings is 1. The van der Waals surface area contributed by atoms with Gasteiger partial charge in [-0.15, -0.1) is 0 Å². The molecule has 0 aromatic carbocycles. The molecule has 2 aromatic heterocycles. The van der Waals surface area contributed by atoms with Crippen molar-refractivity contribution in [2.45, 2.75) is 45.2 Å². The molecular formula is C16H18N2O4S. The van der Waals surface area contributed by atoms with Crippen LogP contribution < -0.4 is 0 Å². The van der Waals surface area contributed by atoms with Gasteiger partial charge in [0.15, 0.2) is 0 Å². The maximum Gasteiger partial charge on any atom is 0.326 e. The van der Waals surface area contributed by atoms with Gasteiger partial charge in [0.2, 0.25) is 11.8 Å². The first-order chi connectivity index (χ1) is 11.0. The number of carbonyl (C=O) groups is 2. The molecule has 0 radical (unpaired) electrons. The van der Waals surface area contributed by atoms with E-state index in [4.69, 9.17) is 4.42 Å². The van der Waals surface area contributed by atoms with Crippen molar-refractivity contribution in [1.29, 1.82) is 0 Å². The first-order valence-corrected chi connectivity index (χ1v) is 8.44. The fourth-order valence-electron chi connectivity index (χ4n) is 2.54. The minimum Gasteiger partial charge on any atom is -0.480 e. The number of carboxylic acid groups (broad SMARTS) is 1. The van der Waals surface area contributed by atoms with Crippen molar-refractivity contribution in [3.05, 3.63) is 28.3 Å². The van der Waals surface area contributed by atoms with Gasteiger partial charge in [-0.25, -0.2) is 9.78 Å². The van der Waals surface area contributed by atoms with Crippen LogP contribution in [0.1, 0.15) is 31.2 Å². The number of carboxylic acids is 1. The van der Waals surface area contributed by atoms with Crippen molar-refractivity contribution in [2.24, 2.45) is 0 Å². The van der Waals surface area contributed by atoms with E-state index in [-0.39, 0.29) is 18.4 Å². The first kappa shape index (κ1) is 15.7. The Morgan fingerprint density at radius 1 is 1.52 bits per heavy atom. The van der Waals surface area contributed by atoms with Crippen LogP contribution in [0.2, 0.25) is 0 Å². The summed E-state index contributed by atoms with van der Waals surface area (Å²) in [5.41, 5.74) is 1.45. The maximum absolute atomic E-state index is 12.6. The van der Waals surface area contributed by atoms with Crippen molar-refractivity contribution < 1.29 is 19.1 Å². The lowest BCUT2D eigenvalue weighted by atomic mass is 10.2. The summed E-state index contributed by atoms with van der Waals surface area (Å²) in [6.07, 6.45) is 1.79. The highest BCUT2D eigenvalue weighted by molar-refractivity contribution is 7.08. The molecule has 7 heteroatoms. The van der Waals surface area contributed by atoms with E-state index in [1.165, 1.54) is 4.90 Å². The average molecular weight is 334 g/mol. The smallest absolute Gasteiger partial charge is 0.326 e. The zero-order chi connectivity index (χ0) is 16.6. The second kappa shape index (κ2) is 6.16. The quantitative estimate of drug-likeness (QED) is 0.878. The van der Waals surface area contributed by atoms with E-state index < -0.39 is 12.0 Å². The molecule has 1 fully saturated rings. The van der Waals surface area contributed by atoms with E-state index in [2.05, 4.69) is 4.98 Å². The van der Waals surface area contributed by atoms with Gasteiger partial charge < -0.3 is 14.4 Å². The van der Waals surface area contributed by atoms with Crippen molar-refractivity contribution in [3.8, 4) is 11.5 Å². The zero-order valence-electron chi connectivity index (χ0n) is 13.0. The Morgan fingerprint density at radius 3 is 2.83 bits per heavy atom. The monoisotopic (exact) mass is 334 g/mol. The molecule has 1 unspecified atom stereocenters. The molecule has 0 spiro atoms. The van der Waals surface area contributed by atoms with Crippen molar-refractivity contribution in [1.82, 2.24) is 9.88 Å². The largest absolute Gasteiger partial charge is 0.480 e. The van der Waals surface area contributed by atoms with Gasteiger partial charge in [-0.05, 0) is 38.1 Å². The highest BCUT2D eigenvalue weighted by Crippen LogP contribution is 2.30. The Labute approximate surface area is 137 Å². The van der Waals surface area contributed by atoms with Crippen LogP contribution >= 0.6 is 11.3 Å². The highest BCUT2D eigenvalue weighted by Gasteiger charge is 2.38. The van der Waals surface area contributed by atoms with E-state index in [1.807, 2.05) is 16.8 Å². The van der Waals surface area contributed by atoms with Crippen molar-refractivity contribution in [2.75, 3.05) is 0 Å². The molecule has 0 aliphatic heterocycles. The summed E-state index contributed by atoms with van der Waals surface area (Å²) in [7, 11) is 0. The van der Waals surface area contributed by atoms with Crippen LogP contribution in [0.5, 0.6) is 0 Å². The first-order valence-electron chi connectivity index (χ1n) is 7.50. The minimum atomic E-state index is -0.985. The molecule has 2 aromatic rings. The molecule has 122 valence electrons. The molecule has 0 saturated heterocycles. The number of rotatable bonds is 6. The number of amides is 1. The third-order valence-corrected chi connectivity index (χ3v) is 4.67. The van der Waals surface area contributed by atoms with Crippen LogP contribution in [0.3, 0.4) is 0 Å². The van der Waals surface area contributed by atoms with E-state index in [9.17, 15) is 14.7 Å². The second-order valence-electron chi connectivity index (χ2n) is 5.76. The zero-order valence-corrected chi connectivity index (χ0v) is 13.8. The maximum atomic E-state index is 12.6. The SMILES string of the molecule is Cc1oc(-c2ccsc2)nc1CC(=O)N(C1CC1)C(C)C(=O)O. The van der Waals surface area contributed by atoms with Crippen LogP contribution in [-0.2, 0) is 16.0 Å². The van der Waals surface area contributed by atoms with Gasteiger partial charge in [-0.1, -0.05) is 0 Å². The summed E-state index contributed by atoms with van der Waals surface area (Å²) >= 11 is 1.55. The van der Waals surface area contributed by atoms with Gasteiger partial charge in [0, 0.05) is 17.0 Å². The Morgan fingerprint density at radius 2 is 2.26 bits per heavy atom. The second-order valence-corrected chi connectivity index (χ2v) is 6.54. The van der Waals surface area contributed by atoms with Crippen LogP contribution in [0.4, 0.5) is 0 Å². The van der Waals surface area contributed by atoms with E-state index in [0.29, 0.717) is 17.3 Å². The lowest BCUT2D eigenvalue weighted by molar-refractivity contribution is -0.149. The highest BCUT2D eigenvalue weighted by atomic mass is 32.1. The molecule has 1 atom stereocenters. The number of aromatic nitrogens is 1. The Bertz CT molecular complexity index is 719.